The molecule has 4 nitrogen and oxygen atoms in total. The van der Waals surface area contributed by atoms with E-state index in [0.29, 0.717) is 6.61 Å². The van der Waals surface area contributed by atoms with Crippen LogP contribution in [0, 0.1) is 0 Å². The maximum absolute atomic E-state index is 11.6. The molecule has 140 valence electrons. The molecule has 0 amide bonds. The van der Waals surface area contributed by atoms with E-state index in [1.165, 1.54) is 0 Å². The predicted molar refractivity (Wildman–Crippen MR) is 104 cm³/mol. The molecule has 0 spiro atoms. The number of ether oxygens (including phenoxy) is 2. The highest BCUT2D eigenvalue weighted by Crippen LogP contribution is 2.26. The molecule has 1 aromatic carbocycles. The summed E-state index contributed by atoms with van der Waals surface area (Å²) in [5, 5.41) is 0. The normalized spacial score (nSPS) is 15.4. The summed E-state index contributed by atoms with van der Waals surface area (Å²) in [5.74, 6) is 0. The van der Waals surface area contributed by atoms with Crippen molar-refractivity contribution < 1.29 is 18.7 Å². The molecule has 0 bridgehead atoms. The Kier molecular flexibility index (Phi) is 9.89. The zero-order chi connectivity index (χ0) is 18.7. The third-order valence-electron chi connectivity index (χ3n) is 4.89. The first-order valence-electron chi connectivity index (χ1n) is 9.03. The minimum atomic E-state index is -1.85. The van der Waals surface area contributed by atoms with Crippen molar-refractivity contribution in [1.82, 2.24) is 0 Å². The van der Waals surface area contributed by atoms with Crippen LogP contribution in [-0.4, -0.2) is 40.0 Å². The first-order valence-corrected chi connectivity index (χ1v) is 11.6. The average Bonchev–Trinajstić information content (AvgIpc) is 2.68. The number of carbonyl (C=O) groups is 1. The van der Waals surface area contributed by atoms with Gasteiger partial charge in [0.1, 0.15) is 12.2 Å². The lowest BCUT2D eigenvalue weighted by Gasteiger charge is -2.36. The smallest absolute Gasteiger partial charge is 0.193 e. The Morgan fingerprint density at radius 2 is 1.68 bits per heavy atom. The maximum Gasteiger partial charge on any atom is 0.193 e. The summed E-state index contributed by atoms with van der Waals surface area (Å²) >= 11 is 0. The van der Waals surface area contributed by atoms with Crippen molar-refractivity contribution in [2.24, 2.45) is 0 Å². The monoisotopic (exact) mass is 364 g/mol. The molecular formula is C20H32O4Si. The molecule has 0 unspecified atom stereocenters. The molecule has 5 heteroatoms. The predicted octanol–water partition coefficient (Wildman–Crippen LogP) is 4.36. The Bertz CT molecular complexity index is 493. The molecule has 1 rings (SSSR count). The molecule has 0 saturated heterocycles. The molecule has 0 aliphatic rings. The quantitative estimate of drug-likeness (QED) is 0.296. The van der Waals surface area contributed by atoms with Gasteiger partial charge in [-0.1, -0.05) is 57.2 Å². The molecule has 0 fully saturated rings. The summed E-state index contributed by atoms with van der Waals surface area (Å²) in [6.07, 6.45) is 0.965. The van der Waals surface area contributed by atoms with Gasteiger partial charge in [0.25, 0.3) is 0 Å². The Hall–Kier alpha value is -1.27. The Balaban J connectivity index is 2.85. The lowest BCUT2D eigenvalue weighted by Crippen LogP contribution is -2.48. The standard InChI is InChI=1S/C20H32O4Si/c1-6-18(24-25(7-2,8-3)9-4)20(22-5)19(15-21)23-16-17-13-11-10-12-14-17/h6,10-15,18-20H,1,7-9,16H2,2-5H3/t18-,19-,20-/m1/s1. The van der Waals surface area contributed by atoms with Crippen molar-refractivity contribution in [3.63, 3.8) is 0 Å². The summed E-state index contributed by atoms with van der Waals surface area (Å²) < 4.78 is 17.9. The number of hydrogen-bond donors (Lipinski definition) is 0. The van der Waals surface area contributed by atoms with Gasteiger partial charge < -0.3 is 18.7 Å². The van der Waals surface area contributed by atoms with Gasteiger partial charge in [-0.15, -0.1) is 6.58 Å². The second-order valence-corrected chi connectivity index (χ2v) is 10.9. The number of benzene rings is 1. The number of methoxy groups -OCH3 is 1. The molecule has 0 radical (unpaired) electrons. The van der Waals surface area contributed by atoms with Crippen molar-refractivity contribution in [3.8, 4) is 0 Å². The van der Waals surface area contributed by atoms with E-state index in [4.69, 9.17) is 13.9 Å². The van der Waals surface area contributed by atoms with Gasteiger partial charge in [-0.25, -0.2) is 0 Å². The van der Waals surface area contributed by atoms with E-state index >= 15 is 0 Å². The summed E-state index contributed by atoms with van der Waals surface area (Å²) in [6.45, 7) is 10.8. The van der Waals surface area contributed by atoms with E-state index < -0.39 is 20.5 Å². The molecule has 3 atom stereocenters. The topological polar surface area (TPSA) is 44.8 Å². The number of aldehydes is 1. The molecule has 0 aliphatic heterocycles. The van der Waals surface area contributed by atoms with Crippen LogP contribution in [0.2, 0.25) is 18.1 Å². The fourth-order valence-electron chi connectivity index (χ4n) is 2.97. The molecule has 1 aromatic rings. The van der Waals surface area contributed by atoms with Gasteiger partial charge in [0, 0.05) is 7.11 Å². The lowest BCUT2D eigenvalue weighted by molar-refractivity contribution is -0.135. The van der Waals surface area contributed by atoms with Gasteiger partial charge in [-0.05, 0) is 23.7 Å². The van der Waals surface area contributed by atoms with Crippen LogP contribution in [0.1, 0.15) is 26.3 Å². The van der Waals surface area contributed by atoms with Crippen molar-refractivity contribution in [2.75, 3.05) is 7.11 Å². The van der Waals surface area contributed by atoms with E-state index in [1.807, 2.05) is 30.3 Å². The van der Waals surface area contributed by atoms with E-state index in [1.54, 1.807) is 13.2 Å². The van der Waals surface area contributed by atoms with Crippen LogP contribution in [0.15, 0.2) is 43.0 Å². The molecule has 25 heavy (non-hydrogen) atoms. The van der Waals surface area contributed by atoms with Gasteiger partial charge in [-0.2, -0.15) is 0 Å². The zero-order valence-corrected chi connectivity index (χ0v) is 16.9. The fourth-order valence-corrected chi connectivity index (χ4v) is 5.78. The highest BCUT2D eigenvalue weighted by Gasteiger charge is 2.37. The third-order valence-corrected chi connectivity index (χ3v) is 9.53. The number of hydrogen-bond acceptors (Lipinski definition) is 4. The van der Waals surface area contributed by atoms with E-state index in [2.05, 4.69) is 27.4 Å². The summed E-state index contributed by atoms with van der Waals surface area (Å²) in [7, 11) is -0.265. The third kappa shape index (κ3) is 6.19. The van der Waals surface area contributed by atoms with Crippen LogP contribution in [0.25, 0.3) is 0 Å². The fraction of sp³-hybridized carbons (Fsp3) is 0.550. The maximum atomic E-state index is 11.6. The highest BCUT2D eigenvalue weighted by atomic mass is 28.4. The molecule has 0 N–H and O–H groups in total. The summed E-state index contributed by atoms with van der Waals surface area (Å²) in [4.78, 5) is 11.6. The summed E-state index contributed by atoms with van der Waals surface area (Å²) in [5.41, 5.74) is 1.01. The molecule has 0 saturated carbocycles. The van der Waals surface area contributed by atoms with Crippen molar-refractivity contribution >= 4 is 14.6 Å². The highest BCUT2D eigenvalue weighted by molar-refractivity contribution is 6.73. The van der Waals surface area contributed by atoms with E-state index in [-0.39, 0.29) is 6.10 Å². The van der Waals surface area contributed by atoms with Crippen LogP contribution in [0.5, 0.6) is 0 Å². The molecule has 0 heterocycles. The van der Waals surface area contributed by atoms with E-state index in [0.717, 1.165) is 30.0 Å². The van der Waals surface area contributed by atoms with Crippen molar-refractivity contribution in [1.29, 1.82) is 0 Å². The van der Waals surface area contributed by atoms with Crippen LogP contribution < -0.4 is 0 Å². The SMILES string of the molecule is C=C[C@@H](O[Si](CC)(CC)CC)[C@@H](OC)[C@@H](C=O)OCc1ccccc1. The van der Waals surface area contributed by atoms with Crippen LogP contribution in [-0.2, 0) is 25.3 Å². The van der Waals surface area contributed by atoms with Crippen LogP contribution >= 0.6 is 0 Å². The number of carbonyl (C=O) groups excluding carboxylic acids is 1. The largest absolute Gasteiger partial charge is 0.408 e. The van der Waals surface area contributed by atoms with Gasteiger partial charge in [0.05, 0.1) is 12.7 Å². The summed E-state index contributed by atoms with van der Waals surface area (Å²) in [6, 6.07) is 12.9. The second-order valence-electron chi connectivity index (χ2n) is 6.16. The Morgan fingerprint density at radius 3 is 2.12 bits per heavy atom. The van der Waals surface area contributed by atoms with Crippen molar-refractivity contribution in [3.05, 3.63) is 48.6 Å². The first-order chi connectivity index (χ1) is 12.1. The van der Waals surface area contributed by atoms with Gasteiger partial charge >= 0.3 is 0 Å². The van der Waals surface area contributed by atoms with Crippen LogP contribution in [0.4, 0.5) is 0 Å². The second kappa shape index (κ2) is 11.4. The molecular weight excluding hydrogens is 332 g/mol. The van der Waals surface area contributed by atoms with E-state index in [9.17, 15) is 4.79 Å². The van der Waals surface area contributed by atoms with Gasteiger partial charge in [0.15, 0.2) is 14.6 Å². The average molecular weight is 365 g/mol. The van der Waals surface area contributed by atoms with Crippen LogP contribution in [0.3, 0.4) is 0 Å². The minimum Gasteiger partial charge on any atom is -0.408 e. The first kappa shape index (κ1) is 21.8. The zero-order valence-electron chi connectivity index (χ0n) is 15.9. The minimum absolute atomic E-state index is 0.353. The Morgan fingerprint density at radius 1 is 1.08 bits per heavy atom. The molecule has 0 aliphatic carbocycles. The number of rotatable bonds is 13. The molecule has 0 aromatic heterocycles. The lowest BCUT2D eigenvalue weighted by atomic mass is 10.1. The van der Waals surface area contributed by atoms with Gasteiger partial charge in [0.2, 0.25) is 0 Å². The van der Waals surface area contributed by atoms with Crippen molar-refractivity contribution in [2.45, 2.75) is 63.8 Å². The Labute approximate surface area is 153 Å². The van der Waals surface area contributed by atoms with Gasteiger partial charge in [-0.3, -0.25) is 0 Å².